The third-order valence-electron chi connectivity index (χ3n) is 2.01. The van der Waals surface area contributed by atoms with E-state index in [1.165, 1.54) is 4.68 Å². The van der Waals surface area contributed by atoms with Crippen molar-refractivity contribution in [3.05, 3.63) is 39.5 Å². The van der Waals surface area contributed by atoms with Crippen LogP contribution in [0.25, 0.3) is 0 Å². The highest BCUT2D eigenvalue weighted by Crippen LogP contribution is 2.31. The standard InChI is InChI=1S/C10H8Cl3N3O/c11-6-2-1-3-8(9(6)13)17-5-16-4-7(12)10(14)15-16/h1-4H,5H2,(H2,14,15). The highest BCUT2D eigenvalue weighted by molar-refractivity contribution is 6.42. The Labute approximate surface area is 113 Å². The highest BCUT2D eigenvalue weighted by Gasteiger charge is 2.07. The Bertz CT molecular complexity index is 522. The molecule has 7 heteroatoms. The molecule has 0 unspecified atom stereocenters. The van der Waals surface area contributed by atoms with Crippen LogP contribution in [0.2, 0.25) is 15.1 Å². The summed E-state index contributed by atoms with van der Waals surface area (Å²) in [5.41, 5.74) is 5.50. The molecule has 0 aliphatic heterocycles. The molecule has 0 aliphatic rings. The molecule has 0 saturated carbocycles. The average molecular weight is 293 g/mol. The number of hydrogen-bond acceptors (Lipinski definition) is 3. The number of aromatic nitrogens is 2. The normalized spacial score (nSPS) is 10.5. The number of anilines is 1. The van der Waals surface area contributed by atoms with E-state index in [1.54, 1.807) is 24.4 Å². The van der Waals surface area contributed by atoms with Gasteiger partial charge < -0.3 is 10.5 Å². The van der Waals surface area contributed by atoms with Crippen molar-refractivity contribution in [1.82, 2.24) is 9.78 Å². The molecular weight excluding hydrogens is 284 g/mol. The summed E-state index contributed by atoms with van der Waals surface area (Å²) in [6.07, 6.45) is 1.56. The molecule has 17 heavy (non-hydrogen) atoms. The van der Waals surface area contributed by atoms with Crippen LogP contribution in [-0.2, 0) is 6.73 Å². The van der Waals surface area contributed by atoms with Gasteiger partial charge in [0, 0.05) is 6.20 Å². The average Bonchev–Trinajstić information content (AvgIpc) is 2.61. The van der Waals surface area contributed by atoms with E-state index < -0.39 is 0 Å². The summed E-state index contributed by atoms with van der Waals surface area (Å²) >= 11 is 17.6. The summed E-state index contributed by atoms with van der Waals surface area (Å²) in [5, 5.41) is 5.11. The number of nitrogen functional groups attached to an aromatic ring is 1. The molecule has 1 aromatic heterocycles. The molecule has 0 amide bonds. The Morgan fingerprint density at radius 3 is 2.65 bits per heavy atom. The predicted molar refractivity (Wildman–Crippen MR) is 68.7 cm³/mol. The number of hydrogen-bond donors (Lipinski definition) is 1. The third-order valence-corrected chi connectivity index (χ3v) is 3.10. The fourth-order valence-electron chi connectivity index (χ4n) is 1.21. The monoisotopic (exact) mass is 291 g/mol. The van der Waals surface area contributed by atoms with Gasteiger partial charge in [0.2, 0.25) is 0 Å². The molecule has 0 bridgehead atoms. The van der Waals surface area contributed by atoms with Crippen LogP contribution in [0.5, 0.6) is 5.75 Å². The SMILES string of the molecule is Nc1nn(COc2cccc(Cl)c2Cl)cc1Cl. The van der Waals surface area contributed by atoms with E-state index in [-0.39, 0.29) is 12.5 Å². The molecular formula is C10H8Cl3N3O. The molecule has 0 aliphatic carbocycles. The number of nitrogens with zero attached hydrogens (tertiary/aromatic N) is 2. The first kappa shape index (κ1) is 12.4. The van der Waals surface area contributed by atoms with Gasteiger partial charge in [0.05, 0.1) is 5.02 Å². The molecule has 0 saturated heterocycles. The summed E-state index contributed by atoms with van der Waals surface area (Å²) in [5.74, 6) is 0.733. The minimum atomic E-state index is 0.150. The van der Waals surface area contributed by atoms with Crippen molar-refractivity contribution in [2.24, 2.45) is 0 Å². The number of ether oxygens (including phenoxy) is 1. The lowest BCUT2D eigenvalue weighted by molar-refractivity contribution is 0.221. The highest BCUT2D eigenvalue weighted by atomic mass is 35.5. The minimum Gasteiger partial charge on any atom is -0.470 e. The molecule has 2 N–H and O–H groups in total. The Morgan fingerprint density at radius 2 is 2.00 bits per heavy atom. The first-order valence-corrected chi connectivity index (χ1v) is 5.76. The molecule has 0 fully saturated rings. The second-order valence-electron chi connectivity index (χ2n) is 3.23. The lowest BCUT2D eigenvalue weighted by atomic mass is 10.3. The lowest BCUT2D eigenvalue weighted by Gasteiger charge is -2.08. The van der Waals surface area contributed by atoms with E-state index in [1.807, 2.05) is 0 Å². The number of halogens is 3. The van der Waals surface area contributed by atoms with Gasteiger partial charge >= 0.3 is 0 Å². The maximum absolute atomic E-state index is 5.96. The van der Waals surface area contributed by atoms with Crippen LogP contribution in [-0.4, -0.2) is 9.78 Å². The van der Waals surface area contributed by atoms with Gasteiger partial charge in [-0.2, -0.15) is 5.10 Å². The maximum Gasteiger partial charge on any atom is 0.181 e. The molecule has 90 valence electrons. The van der Waals surface area contributed by atoms with Crippen LogP contribution < -0.4 is 10.5 Å². The summed E-state index contributed by atoms with van der Waals surface area (Å²) in [6, 6.07) is 5.14. The maximum atomic E-state index is 5.96. The first-order chi connectivity index (χ1) is 8.08. The predicted octanol–water partition coefficient (Wildman–Crippen LogP) is 3.46. The van der Waals surface area contributed by atoms with Crippen molar-refractivity contribution in [2.75, 3.05) is 5.73 Å². The summed E-state index contributed by atoms with van der Waals surface area (Å²) < 4.78 is 6.91. The van der Waals surface area contributed by atoms with E-state index in [4.69, 9.17) is 45.3 Å². The van der Waals surface area contributed by atoms with Crippen molar-refractivity contribution >= 4 is 40.6 Å². The summed E-state index contributed by atoms with van der Waals surface area (Å²) in [4.78, 5) is 0. The van der Waals surface area contributed by atoms with Gasteiger partial charge in [-0.25, -0.2) is 4.68 Å². The fourth-order valence-corrected chi connectivity index (χ4v) is 1.71. The van der Waals surface area contributed by atoms with Crippen LogP contribution in [0.3, 0.4) is 0 Å². The molecule has 1 aromatic carbocycles. The van der Waals surface area contributed by atoms with Crippen molar-refractivity contribution in [1.29, 1.82) is 0 Å². The quantitative estimate of drug-likeness (QED) is 0.942. The van der Waals surface area contributed by atoms with Gasteiger partial charge in [-0.05, 0) is 12.1 Å². The lowest BCUT2D eigenvalue weighted by Crippen LogP contribution is -2.06. The van der Waals surface area contributed by atoms with Crippen LogP contribution in [0.15, 0.2) is 24.4 Å². The van der Waals surface area contributed by atoms with Gasteiger partial charge in [-0.3, -0.25) is 0 Å². The van der Waals surface area contributed by atoms with Gasteiger partial charge in [-0.1, -0.05) is 40.9 Å². The Kier molecular flexibility index (Phi) is 3.66. The summed E-state index contributed by atoms with van der Waals surface area (Å²) in [7, 11) is 0. The molecule has 2 aromatic rings. The van der Waals surface area contributed by atoms with E-state index in [9.17, 15) is 0 Å². The van der Waals surface area contributed by atoms with Crippen molar-refractivity contribution < 1.29 is 4.74 Å². The molecule has 2 rings (SSSR count). The van der Waals surface area contributed by atoms with E-state index in [0.29, 0.717) is 20.8 Å². The first-order valence-electron chi connectivity index (χ1n) is 4.63. The summed E-state index contributed by atoms with van der Waals surface area (Å²) in [6.45, 7) is 0.150. The zero-order valence-electron chi connectivity index (χ0n) is 8.53. The van der Waals surface area contributed by atoms with Crippen molar-refractivity contribution in [2.45, 2.75) is 6.73 Å². The largest absolute Gasteiger partial charge is 0.470 e. The van der Waals surface area contributed by atoms with Crippen molar-refractivity contribution in [3.63, 3.8) is 0 Å². The Hall–Kier alpha value is -1.10. The van der Waals surface area contributed by atoms with Crippen LogP contribution >= 0.6 is 34.8 Å². The second kappa shape index (κ2) is 5.04. The number of rotatable bonds is 3. The fraction of sp³-hybridized carbons (Fsp3) is 0.100. The molecule has 0 spiro atoms. The Balaban J connectivity index is 2.10. The van der Waals surface area contributed by atoms with E-state index >= 15 is 0 Å². The molecule has 0 radical (unpaired) electrons. The molecule has 4 nitrogen and oxygen atoms in total. The van der Waals surface area contributed by atoms with Crippen LogP contribution in [0.1, 0.15) is 0 Å². The Morgan fingerprint density at radius 1 is 1.24 bits per heavy atom. The van der Waals surface area contributed by atoms with E-state index in [0.717, 1.165) is 0 Å². The van der Waals surface area contributed by atoms with Gasteiger partial charge in [-0.15, -0.1) is 0 Å². The van der Waals surface area contributed by atoms with Crippen LogP contribution in [0.4, 0.5) is 5.82 Å². The second-order valence-corrected chi connectivity index (χ2v) is 4.42. The van der Waals surface area contributed by atoms with Crippen LogP contribution in [0, 0.1) is 0 Å². The zero-order valence-corrected chi connectivity index (χ0v) is 10.8. The third kappa shape index (κ3) is 2.77. The van der Waals surface area contributed by atoms with Gasteiger partial charge in [0.1, 0.15) is 15.8 Å². The van der Waals surface area contributed by atoms with E-state index in [2.05, 4.69) is 5.10 Å². The number of nitrogens with two attached hydrogens (primary N) is 1. The minimum absolute atomic E-state index is 0.150. The van der Waals surface area contributed by atoms with Crippen molar-refractivity contribution in [3.8, 4) is 5.75 Å². The van der Waals surface area contributed by atoms with Gasteiger partial charge in [0.25, 0.3) is 0 Å². The van der Waals surface area contributed by atoms with Gasteiger partial charge in [0.15, 0.2) is 12.5 Å². The zero-order chi connectivity index (χ0) is 12.4. The smallest absolute Gasteiger partial charge is 0.181 e. The molecule has 1 heterocycles. The molecule has 0 atom stereocenters. The topological polar surface area (TPSA) is 53.1 Å². The number of benzene rings is 1.